The van der Waals surface area contributed by atoms with Crippen LogP contribution in [0.3, 0.4) is 0 Å². The van der Waals surface area contributed by atoms with E-state index in [1.165, 1.54) is 18.1 Å². The van der Waals surface area contributed by atoms with Crippen LogP contribution < -0.4 is 5.32 Å². The zero-order chi connectivity index (χ0) is 15.4. The first-order valence-electron chi connectivity index (χ1n) is 6.91. The second kappa shape index (κ2) is 6.85. The van der Waals surface area contributed by atoms with E-state index < -0.39 is 28.7 Å². The zero-order valence-corrected chi connectivity index (χ0v) is 12.7. The van der Waals surface area contributed by atoms with E-state index in [0.29, 0.717) is 5.75 Å². The van der Waals surface area contributed by atoms with Crippen LogP contribution in [0.4, 0.5) is 0 Å². The Bertz CT molecular complexity index is 585. The number of carboxylic acid groups (broad SMARTS) is 1. The van der Waals surface area contributed by atoms with Gasteiger partial charge in [-0.2, -0.15) is 0 Å². The lowest BCUT2D eigenvalue weighted by atomic mass is 10.1. The summed E-state index contributed by atoms with van der Waals surface area (Å²) < 4.78 is 12.1. The maximum atomic E-state index is 12.1. The van der Waals surface area contributed by atoms with Crippen LogP contribution >= 0.6 is 0 Å². The van der Waals surface area contributed by atoms with Crippen molar-refractivity contribution < 1.29 is 18.9 Å². The van der Waals surface area contributed by atoms with Gasteiger partial charge in [-0.05, 0) is 36.0 Å². The van der Waals surface area contributed by atoms with Gasteiger partial charge in [0.25, 0.3) is 0 Å². The van der Waals surface area contributed by atoms with Crippen LogP contribution in [0.5, 0.6) is 0 Å². The minimum Gasteiger partial charge on any atom is -0.480 e. The molecule has 1 aliphatic rings. The van der Waals surface area contributed by atoms with E-state index in [9.17, 15) is 13.8 Å². The second-order valence-electron chi connectivity index (χ2n) is 5.30. The molecule has 0 saturated heterocycles. The minimum absolute atomic E-state index is 0.0774. The summed E-state index contributed by atoms with van der Waals surface area (Å²) in [4.78, 5) is 22.0. The lowest BCUT2D eigenvalue weighted by molar-refractivity contribution is -0.140. The molecule has 0 aliphatic heterocycles. The molecule has 0 radical (unpaired) electrons. The maximum Gasteiger partial charge on any atom is 0.327 e. The van der Waals surface area contributed by atoms with Crippen LogP contribution in [0.15, 0.2) is 18.2 Å². The Hall–Kier alpha value is -1.69. The average Bonchev–Trinajstić information content (AvgIpc) is 2.84. The van der Waals surface area contributed by atoms with E-state index in [1.54, 1.807) is 0 Å². The fourth-order valence-corrected chi connectivity index (χ4v) is 3.83. The summed E-state index contributed by atoms with van der Waals surface area (Å²) in [6.45, 7) is 1.25. The molecule has 0 saturated carbocycles. The number of aryl methyl sites for hydroxylation is 2. The highest BCUT2D eigenvalue weighted by atomic mass is 32.2. The van der Waals surface area contributed by atoms with Crippen molar-refractivity contribution >= 4 is 22.7 Å². The van der Waals surface area contributed by atoms with Gasteiger partial charge in [0, 0.05) is 23.5 Å². The van der Waals surface area contributed by atoms with Crippen molar-refractivity contribution in [2.75, 3.05) is 5.75 Å². The molecule has 0 heterocycles. The van der Waals surface area contributed by atoms with Gasteiger partial charge in [-0.15, -0.1) is 0 Å². The van der Waals surface area contributed by atoms with Gasteiger partial charge in [-0.25, -0.2) is 4.79 Å². The second-order valence-corrected chi connectivity index (χ2v) is 6.80. The third-order valence-corrected chi connectivity index (χ3v) is 4.88. The third kappa shape index (κ3) is 4.39. The number of carbonyl (C=O) groups excluding carboxylic acids is 1. The summed E-state index contributed by atoms with van der Waals surface area (Å²) in [6.07, 6.45) is 3.31. The van der Waals surface area contributed by atoms with Crippen molar-refractivity contribution in [2.45, 2.75) is 38.0 Å². The third-order valence-electron chi connectivity index (χ3n) is 3.52. The van der Waals surface area contributed by atoms with Gasteiger partial charge in [-0.1, -0.05) is 18.2 Å². The van der Waals surface area contributed by atoms with Crippen molar-refractivity contribution in [1.29, 1.82) is 0 Å². The van der Waals surface area contributed by atoms with Crippen molar-refractivity contribution in [1.82, 2.24) is 5.32 Å². The summed E-state index contributed by atoms with van der Waals surface area (Å²) >= 11 is 0. The van der Waals surface area contributed by atoms with Crippen molar-refractivity contribution in [3.8, 4) is 0 Å². The lowest BCUT2D eigenvalue weighted by Crippen LogP contribution is -2.43. The van der Waals surface area contributed by atoms with Crippen molar-refractivity contribution in [3.63, 3.8) is 0 Å². The number of hydrogen-bond acceptors (Lipinski definition) is 3. The first kappa shape index (κ1) is 15.7. The summed E-state index contributed by atoms with van der Waals surface area (Å²) in [5, 5.41) is 11.3. The van der Waals surface area contributed by atoms with E-state index in [0.717, 1.165) is 24.8 Å². The van der Waals surface area contributed by atoms with Crippen LogP contribution in [-0.4, -0.2) is 33.0 Å². The monoisotopic (exact) mass is 309 g/mol. The molecule has 5 nitrogen and oxygen atoms in total. The van der Waals surface area contributed by atoms with Crippen LogP contribution in [-0.2, 0) is 39.0 Å². The number of amides is 1. The van der Waals surface area contributed by atoms with Crippen molar-refractivity contribution in [3.05, 3.63) is 34.9 Å². The number of nitrogens with one attached hydrogen (secondary N) is 1. The minimum atomic E-state index is -1.33. The lowest BCUT2D eigenvalue weighted by Gasteiger charge is -2.13. The van der Waals surface area contributed by atoms with Crippen LogP contribution in [0, 0.1) is 0 Å². The zero-order valence-electron chi connectivity index (χ0n) is 11.9. The molecule has 2 rings (SSSR count). The number of fused-ring (bicyclic) bond motifs is 1. The van der Waals surface area contributed by atoms with E-state index in [4.69, 9.17) is 5.11 Å². The number of carboxylic acids is 1. The molecule has 1 aromatic rings. The van der Waals surface area contributed by atoms with Gasteiger partial charge in [0.1, 0.15) is 6.04 Å². The van der Waals surface area contributed by atoms with Gasteiger partial charge in [-0.3, -0.25) is 9.00 Å². The van der Waals surface area contributed by atoms with Crippen LogP contribution in [0.2, 0.25) is 0 Å². The highest BCUT2D eigenvalue weighted by Crippen LogP contribution is 2.23. The fourth-order valence-electron chi connectivity index (χ4n) is 2.57. The van der Waals surface area contributed by atoms with E-state index in [2.05, 4.69) is 17.4 Å². The topological polar surface area (TPSA) is 83.5 Å². The molecule has 114 valence electrons. The number of rotatable bonds is 6. The number of aliphatic carboxylic acids is 1. The summed E-state index contributed by atoms with van der Waals surface area (Å²) in [6, 6.07) is 4.99. The van der Waals surface area contributed by atoms with E-state index in [1.807, 2.05) is 6.07 Å². The molecule has 2 unspecified atom stereocenters. The van der Waals surface area contributed by atoms with Gasteiger partial charge in [0.05, 0.1) is 5.75 Å². The number of carbonyl (C=O) groups is 2. The predicted molar refractivity (Wildman–Crippen MR) is 80.4 cm³/mol. The SMILES string of the molecule is CC(=O)NC(CS(=O)Cc1ccc2c(c1)CCC2)C(=O)O. The first-order valence-corrected chi connectivity index (χ1v) is 8.40. The maximum absolute atomic E-state index is 12.1. The Balaban J connectivity index is 1.97. The Morgan fingerprint density at radius 1 is 1.33 bits per heavy atom. The van der Waals surface area contributed by atoms with Crippen LogP contribution in [0.25, 0.3) is 0 Å². The molecule has 2 N–H and O–H groups in total. The van der Waals surface area contributed by atoms with E-state index in [-0.39, 0.29) is 5.75 Å². The molecule has 2 atom stereocenters. The van der Waals surface area contributed by atoms with Gasteiger partial charge in [0.2, 0.25) is 5.91 Å². The van der Waals surface area contributed by atoms with Gasteiger partial charge < -0.3 is 10.4 Å². The Labute approximate surface area is 126 Å². The molecule has 6 heteroatoms. The Kier molecular flexibility index (Phi) is 5.12. The molecule has 0 bridgehead atoms. The predicted octanol–water partition coefficient (Wildman–Crippen LogP) is 1.01. The number of benzene rings is 1. The largest absolute Gasteiger partial charge is 0.480 e. The molecular weight excluding hydrogens is 290 g/mol. The molecule has 0 fully saturated rings. The first-order chi connectivity index (χ1) is 9.95. The quantitative estimate of drug-likeness (QED) is 0.821. The molecule has 1 amide bonds. The summed E-state index contributed by atoms with van der Waals surface area (Å²) in [7, 11) is -1.33. The smallest absolute Gasteiger partial charge is 0.327 e. The highest BCUT2D eigenvalue weighted by molar-refractivity contribution is 7.84. The molecule has 1 aliphatic carbocycles. The molecule has 0 aromatic heterocycles. The molecule has 21 heavy (non-hydrogen) atoms. The normalized spacial score (nSPS) is 16.0. The molecule has 1 aromatic carbocycles. The van der Waals surface area contributed by atoms with Gasteiger partial charge in [0.15, 0.2) is 0 Å². The standard InChI is InChI=1S/C15H19NO4S/c1-10(17)16-14(15(18)19)9-21(20)8-11-5-6-12-3-2-4-13(12)7-11/h5-7,14H,2-4,8-9H2,1H3,(H,16,17)(H,18,19). The molecule has 0 spiro atoms. The Morgan fingerprint density at radius 3 is 2.71 bits per heavy atom. The number of hydrogen-bond donors (Lipinski definition) is 2. The molecular formula is C15H19NO4S. The average molecular weight is 309 g/mol. The summed E-state index contributed by atoms with van der Waals surface area (Å²) in [5.41, 5.74) is 3.62. The highest BCUT2D eigenvalue weighted by Gasteiger charge is 2.21. The van der Waals surface area contributed by atoms with E-state index >= 15 is 0 Å². The Morgan fingerprint density at radius 2 is 2.05 bits per heavy atom. The summed E-state index contributed by atoms with van der Waals surface area (Å²) in [5.74, 6) is -1.35. The fraction of sp³-hybridized carbons (Fsp3) is 0.467. The van der Waals surface area contributed by atoms with Crippen LogP contribution in [0.1, 0.15) is 30.0 Å². The van der Waals surface area contributed by atoms with Crippen molar-refractivity contribution in [2.24, 2.45) is 0 Å². The van der Waals surface area contributed by atoms with Gasteiger partial charge >= 0.3 is 5.97 Å².